The van der Waals surface area contributed by atoms with Crippen molar-refractivity contribution in [2.24, 2.45) is 0 Å². The Bertz CT molecular complexity index is 769. The summed E-state index contributed by atoms with van der Waals surface area (Å²) in [5.41, 5.74) is 1.88. The Balaban J connectivity index is 0.000000283. The van der Waals surface area contributed by atoms with E-state index in [4.69, 9.17) is 20.1 Å². The molecule has 0 amide bonds. The van der Waals surface area contributed by atoms with Crippen LogP contribution in [-0.4, -0.2) is 40.3 Å². The summed E-state index contributed by atoms with van der Waals surface area (Å²) in [5.74, 6) is -0.0116. The number of ketones is 1. The second-order valence-electron chi connectivity index (χ2n) is 6.01. The number of hydrogen-bond acceptors (Lipinski definition) is 5. The zero-order valence-corrected chi connectivity index (χ0v) is 15.7. The second kappa shape index (κ2) is 13.1. The van der Waals surface area contributed by atoms with Gasteiger partial charge >= 0.3 is 5.97 Å². The van der Waals surface area contributed by atoms with E-state index in [0.29, 0.717) is 25.9 Å². The monoisotopic (exact) mass is 386 g/mol. The SMILES string of the molecule is C=CCOc1cccc(CCC(=O)O)c1.O=C(CO)CCc1cccc(O)c1. The first-order valence-corrected chi connectivity index (χ1v) is 8.89. The van der Waals surface area contributed by atoms with Gasteiger partial charge in [0.05, 0.1) is 0 Å². The van der Waals surface area contributed by atoms with Crippen molar-refractivity contribution >= 4 is 11.8 Å². The molecule has 0 heterocycles. The molecule has 0 atom stereocenters. The fourth-order valence-electron chi connectivity index (χ4n) is 2.27. The quantitative estimate of drug-likeness (QED) is 0.542. The first kappa shape index (κ1) is 22.9. The van der Waals surface area contributed by atoms with Gasteiger partial charge in [-0.15, -0.1) is 0 Å². The van der Waals surface area contributed by atoms with Crippen LogP contribution >= 0.6 is 0 Å². The van der Waals surface area contributed by atoms with E-state index >= 15 is 0 Å². The fourth-order valence-corrected chi connectivity index (χ4v) is 2.27. The minimum absolute atomic E-state index is 0.144. The highest BCUT2D eigenvalue weighted by atomic mass is 16.5. The number of carbonyl (C=O) groups is 2. The molecule has 0 radical (unpaired) electrons. The molecule has 6 nitrogen and oxygen atoms in total. The van der Waals surface area contributed by atoms with Crippen LogP contribution in [0.4, 0.5) is 0 Å². The lowest BCUT2D eigenvalue weighted by atomic mass is 10.1. The van der Waals surface area contributed by atoms with Crippen LogP contribution in [0.25, 0.3) is 0 Å². The number of phenolic OH excluding ortho intramolecular Hbond substituents is 1. The Labute approximate surface area is 164 Å². The third kappa shape index (κ3) is 10.1. The van der Waals surface area contributed by atoms with Gasteiger partial charge in [-0.2, -0.15) is 0 Å². The summed E-state index contributed by atoms with van der Waals surface area (Å²) in [6.07, 6.45) is 3.23. The number of benzene rings is 2. The summed E-state index contributed by atoms with van der Waals surface area (Å²) in [5, 5.41) is 26.1. The second-order valence-corrected chi connectivity index (χ2v) is 6.01. The molecule has 3 N–H and O–H groups in total. The van der Waals surface area contributed by atoms with Gasteiger partial charge in [-0.1, -0.05) is 36.9 Å². The lowest BCUT2D eigenvalue weighted by molar-refractivity contribution is -0.137. The number of carboxylic acids is 1. The lowest BCUT2D eigenvalue weighted by Crippen LogP contribution is -2.04. The molecule has 0 aliphatic heterocycles. The van der Waals surface area contributed by atoms with E-state index in [0.717, 1.165) is 16.9 Å². The van der Waals surface area contributed by atoms with Gasteiger partial charge in [-0.3, -0.25) is 9.59 Å². The zero-order chi connectivity index (χ0) is 20.8. The van der Waals surface area contributed by atoms with Gasteiger partial charge in [0.1, 0.15) is 24.7 Å². The minimum atomic E-state index is -0.785. The van der Waals surface area contributed by atoms with E-state index in [1.807, 2.05) is 30.3 Å². The molecule has 2 aromatic carbocycles. The van der Waals surface area contributed by atoms with Crippen molar-refractivity contribution in [2.45, 2.75) is 25.7 Å². The maximum Gasteiger partial charge on any atom is 0.303 e. The van der Waals surface area contributed by atoms with E-state index in [9.17, 15) is 9.59 Å². The molecule has 0 saturated carbocycles. The van der Waals surface area contributed by atoms with Crippen molar-refractivity contribution in [3.8, 4) is 11.5 Å². The van der Waals surface area contributed by atoms with Crippen molar-refractivity contribution < 1.29 is 29.6 Å². The number of aromatic hydroxyl groups is 1. The number of Topliss-reactive ketones (excluding diaryl/α,β-unsaturated/α-hetero) is 1. The number of aliphatic hydroxyl groups excluding tert-OH is 1. The number of aryl methyl sites for hydroxylation is 2. The highest BCUT2D eigenvalue weighted by Gasteiger charge is 2.01. The standard InChI is InChI=1S/C12H14O3.C10H12O3/c1-2-8-15-11-5-3-4-10(9-11)6-7-12(13)14;11-7-10(13)5-4-8-2-1-3-9(12)6-8/h2-5,9H,1,6-8H2,(H,13,14);1-3,6,11-12H,4-5,7H2. The van der Waals surface area contributed by atoms with Gasteiger partial charge in [-0.25, -0.2) is 0 Å². The van der Waals surface area contributed by atoms with Crippen LogP contribution in [0.1, 0.15) is 24.0 Å². The van der Waals surface area contributed by atoms with Gasteiger partial charge in [0, 0.05) is 12.8 Å². The number of aliphatic carboxylic acids is 1. The third-order valence-corrected chi connectivity index (χ3v) is 3.67. The number of rotatable bonds is 10. The fraction of sp³-hybridized carbons (Fsp3) is 0.273. The van der Waals surface area contributed by atoms with Gasteiger partial charge in [0.25, 0.3) is 0 Å². The van der Waals surface area contributed by atoms with Crippen LogP contribution in [-0.2, 0) is 22.4 Å². The largest absolute Gasteiger partial charge is 0.508 e. The summed E-state index contributed by atoms with van der Waals surface area (Å²) in [6.45, 7) is 3.61. The summed E-state index contributed by atoms with van der Waals surface area (Å²) in [7, 11) is 0. The van der Waals surface area contributed by atoms with E-state index < -0.39 is 12.6 Å². The van der Waals surface area contributed by atoms with Gasteiger partial charge in [-0.05, 0) is 48.2 Å². The Morgan fingerprint density at radius 2 is 1.64 bits per heavy atom. The Morgan fingerprint density at radius 3 is 2.25 bits per heavy atom. The predicted molar refractivity (Wildman–Crippen MR) is 107 cm³/mol. The van der Waals surface area contributed by atoms with Crippen molar-refractivity contribution in [1.29, 1.82) is 0 Å². The number of phenols is 1. The maximum atomic E-state index is 10.8. The molecule has 2 aromatic rings. The molecule has 0 bridgehead atoms. The van der Waals surface area contributed by atoms with E-state index in [-0.39, 0.29) is 18.0 Å². The number of aliphatic hydroxyl groups is 1. The first-order chi connectivity index (χ1) is 13.4. The topological polar surface area (TPSA) is 104 Å². The van der Waals surface area contributed by atoms with E-state index in [2.05, 4.69) is 6.58 Å². The van der Waals surface area contributed by atoms with Crippen LogP contribution < -0.4 is 4.74 Å². The van der Waals surface area contributed by atoms with E-state index in [1.165, 1.54) is 0 Å². The number of ether oxygens (including phenoxy) is 1. The number of carbonyl (C=O) groups excluding carboxylic acids is 1. The van der Waals surface area contributed by atoms with Crippen molar-refractivity contribution in [3.05, 3.63) is 72.3 Å². The van der Waals surface area contributed by atoms with Gasteiger partial charge in [0.15, 0.2) is 5.78 Å². The van der Waals surface area contributed by atoms with Crippen molar-refractivity contribution in [1.82, 2.24) is 0 Å². The summed E-state index contributed by atoms with van der Waals surface area (Å²) in [6, 6.07) is 14.2. The Hall–Kier alpha value is -3.12. The Morgan fingerprint density at radius 1 is 1.00 bits per heavy atom. The first-order valence-electron chi connectivity index (χ1n) is 8.89. The molecule has 0 fully saturated rings. The highest BCUT2D eigenvalue weighted by Crippen LogP contribution is 2.14. The molecule has 0 aromatic heterocycles. The summed E-state index contributed by atoms with van der Waals surface area (Å²) >= 11 is 0. The summed E-state index contributed by atoms with van der Waals surface area (Å²) < 4.78 is 5.34. The average Bonchev–Trinajstić information content (AvgIpc) is 2.70. The molecule has 0 aliphatic rings. The van der Waals surface area contributed by atoms with Gasteiger partial charge in [0.2, 0.25) is 0 Å². The van der Waals surface area contributed by atoms with Gasteiger partial charge < -0.3 is 20.1 Å². The third-order valence-electron chi connectivity index (χ3n) is 3.67. The zero-order valence-electron chi connectivity index (χ0n) is 15.7. The predicted octanol–water partition coefficient (Wildman–Crippen LogP) is 3.15. The number of hydrogen-bond donors (Lipinski definition) is 3. The molecule has 2 rings (SSSR count). The van der Waals surface area contributed by atoms with E-state index in [1.54, 1.807) is 24.3 Å². The van der Waals surface area contributed by atoms with Crippen LogP contribution in [0.5, 0.6) is 11.5 Å². The molecule has 0 saturated heterocycles. The van der Waals surface area contributed by atoms with Crippen LogP contribution in [0, 0.1) is 0 Å². The summed E-state index contributed by atoms with van der Waals surface area (Å²) in [4.78, 5) is 21.1. The minimum Gasteiger partial charge on any atom is -0.508 e. The van der Waals surface area contributed by atoms with Crippen LogP contribution in [0.15, 0.2) is 61.2 Å². The van der Waals surface area contributed by atoms with Crippen molar-refractivity contribution in [2.75, 3.05) is 13.2 Å². The molecular weight excluding hydrogens is 360 g/mol. The molecule has 0 aliphatic carbocycles. The normalized spacial score (nSPS) is 9.75. The van der Waals surface area contributed by atoms with Crippen molar-refractivity contribution in [3.63, 3.8) is 0 Å². The van der Waals surface area contributed by atoms with Crippen LogP contribution in [0.2, 0.25) is 0 Å². The maximum absolute atomic E-state index is 10.8. The molecule has 6 heteroatoms. The smallest absolute Gasteiger partial charge is 0.303 e. The average molecular weight is 386 g/mol. The molecular formula is C22H26O6. The lowest BCUT2D eigenvalue weighted by Gasteiger charge is -2.05. The molecule has 0 unspecified atom stereocenters. The Kier molecular flexibility index (Phi) is 10.7. The molecule has 28 heavy (non-hydrogen) atoms. The molecule has 150 valence electrons. The van der Waals surface area contributed by atoms with Crippen LogP contribution in [0.3, 0.4) is 0 Å². The molecule has 0 spiro atoms. The highest BCUT2D eigenvalue weighted by molar-refractivity contribution is 5.79. The number of carboxylic acid groups (broad SMARTS) is 1.